The number of nitrogens with zero attached hydrogens (tertiary/aromatic N) is 3. The molecule has 2 heterocycles. The van der Waals surface area contributed by atoms with Gasteiger partial charge < -0.3 is 5.32 Å². The molecule has 1 unspecified atom stereocenters. The van der Waals surface area contributed by atoms with Crippen LogP contribution in [0.15, 0.2) is 29.0 Å². The van der Waals surface area contributed by atoms with Crippen LogP contribution < -0.4 is 5.32 Å². The molecule has 0 aliphatic carbocycles. The SMILES string of the molecule is CCCn1ncc(Br)c1C(NC(C)C)c1ccc(F)cn1. The number of aryl methyl sites for hydroxylation is 1. The van der Waals surface area contributed by atoms with Crippen molar-refractivity contribution in [3.8, 4) is 0 Å². The Morgan fingerprint density at radius 1 is 1.33 bits per heavy atom. The van der Waals surface area contributed by atoms with Crippen molar-refractivity contribution in [3.05, 3.63) is 46.2 Å². The summed E-state index contributed by atoms with van der Waals surface area (Å²) >= 11 is 3.56. The Labute approximate surface area is 132 Å². The van der Waals surface area contributed by atoms with Gasteiger partial charge >= 0.3 is 0 Å². The van der Waals surface area contributed by atoms with Crippen molar-refractivity contribution in [2.24, 2.45) is 0 Å². The zero-order valence-corrected chi connectivity index (χ0v) is 14.1. The van der Waals surface area contributed by atoms with Crippen molar-refractivity contribution >= 4 is 15.9 Å². The molecule has 114 valence electrons. The van der Waals surface area contributed by atoms with Crippen LogP contribution in [-0.2, 0) is 6.54 Å². The molecule has 0 bridgehead atoms. The largest absolute Gasteiger partial charge is 0.301 e. The fourth-order valence-electron chi connectivity index (χ4n) is 2.24. The second-order valence-electron chi connectivity index (χ2n) is 5.26. The van der Waals surface area contributed by atoms with Gasteiger partial charge in [-0.3, -0.25) is 9.67 Å². The summed E-state index contributed by atoms with van der Waals surface area (Å²) in [7, 11) is 0. The molecular formula is C15H20BrFN4. The molecule has 1 N–H and O–H groups in total. The van der Waals surface area contributed by atoms with Gasteiger partial charge in [0.1, 0.15) is 5.82 Å². The van der Waals surface area contributed by atoms with Gasteiger partial charge in [0.2, 0.25) is 0 Å². The molecule has 0 fully saturated rings. The Kier molecular flexibility index (Phi) is 5.47. The molecule has 0 aromatic carbocycles. The number of pyridine rings is 1. The Bertz CT molecular complexity index is 580. The van der Waals surface area contributed by atoms with Crippen LogP contribution >= 0.6 is 15.9 Å². The third-order valence-electron chi connectivity index (χ3n) is 3.09. The predicted molar refractivity (Wildman–Crippen MR) is 84.5 cm³/mol. The molecule has 0 saturated heterocycles. The van der Waals surface area contributed by atoms with Crippen molar-refractivity contribution in [1.82, 2.24) is 20.1 Å². The lowest BCUT2D eigenvalue weighted by atomic mass is 10.1. The summed E-state index contributed by atoms with van der Waals surface area (Å²) < 4.78 is 16.0. The van der Waals surface area contributed by atoms with E-state index in [1.165, 1.54) is 12.3 Å². The van der Waals surface area contributed by atoms with Crippen LogP contribution in [0.5, 0.6) is 0 Å². The van der Waals surface area contributed by atoms with E-state index in [4.69, 9.17) is 0 Å². The molecule has 0 aliphatic rings. The molecule has 6 heteroatoms. The van der Waals surface area contributed by atoms with Crippen LogP contribution in [0, 0.1) is 5.82 Å². The Hall–Kier alpha value is -1.27. The van der Waals surface area contributed by atoms with Gasteiger partial charge in [-0.25, -0.2) is 4.39 Å². The van der Waals surface area contributed by atoms with E-state index >= 15 is 0 Å². The van der Waals surface area contributed by atoms with E-state index in [0.29, 0.717) is 0 Å². The first kappa shape index (κ1) is 16.1. The fraction of sp³-hybridized carbons (Fsp3) is 0.467. The minimum absolute atomic E-state index is 0.131. The van der Waals surface area contributed by atoms with Crippen LogP contribution in [0.3, 0.4) is 0 Å². The quantitative estimate of drug-likeness (QED) is 0.860. The van der Waals surface area contributed by atoms with Crippen molar-refractivity contribution in [1.29, 1.82) is 0 Å². The number of rotatable bonds is 6. The fourth-order valence-corrected chi connectivity index (χ4v) is 2.77. The average Bonchev–Trinajstić information content (AvgIpc) is 2.79. The molecule has 0 saturated carbocycles. The first-order valence-corrected chi connectivity index (χ1v) is 7.91. The van der Waals surface area contributed by atoms with Crippen LogP contribution in [0.4, 0.5) is 4.39 Å². The lowest BCUT2D eigenvalue weighted by molar-refractivity contribution is 0.469. The minimum Gasteiger partial charge on any atom is -0.301 e. The smallest absolute Gasteiger partial charge is 0.141 e. The first-order chi connectivity index (χ1) is 10.0. The van der Waals surface area contributed by atoms with Gasteiger partial charge in [-0.05, 0) is 48.3 Å². The first-order valence-electron chi connectivity index (χ1n) is 7.11. The molecule has 21 heavy (non-hydrogen) atoms. The van der Waals surface area contributed by atoms with Crippen LogP contribution in [-0.4, -0.2) is 20.8 Å². The summed E-state index contributed by atoms with van der Waals surface area (Å²) in [5.74, 6) is -0.330. The molecule has 0 aliphatic heterocycles. The maximum atomic E-state index is 13.1. The van der Waals surface area contributed by atoms with Gasteiger partial charge in [-0.1, -0.05) is 6.92 Å². The van der Waals surface area contributed by atoms with E-state index in [9.17, 15) is 4.39 Å². The van der Waals surface area contributed by atoms with Crippen LogP contribution in [0.1, 0.15) is 44.6 Å². The number of hydrogen-bond acceptors (Lipinski definition) is 3. The van der Waals surface area contributed by atoms with Gasteiger partial charge in [0.15, 0.2) is 0 Å². The standard InChI is InChI=1S/C15H20BrFN4/c1-4-7-21-15(12(16)9-19-21)14(20-10(2)3)13-6-5-11(17)8-18-13/h5-6,8-10,14,20H,4,7H2,1-3H3. The van der Waals surface area contributed by atoms with E-state index < -0.39 is 0 Å². The highest BCUT2D eigenvalue weighted by Gasteiger charge is 2.23. The zero-order chi connectivity index (χ0) is 15.4. The summed E-state index contributed by atoms with van der Waals surface area (Å²) in [4.78, 5) is 4.23. The lowest BCUT2D eigenvalue weighted by Crippen LogP contribution is -2.31. The third kappa shape index (κ3) is 3.89. The van der Waals surface area contributed by atoms with Crippen molar-refractivity contribution in [2.75, 3.05) is 0 Å². The number of aromatic nitrogens is 3. The van der Waals surface area contributed by atoms with Crippen LogP contribution in [0.25, 0.3) is 0 Å². The monoisotopic (exact) mass is 354 g/mol. The highest BCUT2D eigenvalue weighted by atomic mass is 79.9. The molecule has 0 amide bonds. The van der Waals surface area contributed by atoms with Crippen molar-refractivity contribution in [2.45, 2.75) is 45.8 Å². The molecule has 2 rings (SSSR count). The van der Waals surface area contributed by atoms with E-state index in [1.54, 1.807) is 12.3 Å². The summed E-state index contributed by atoms with van der Waals surface area (Å²) in [5, 5.41) is 7.89. The normalized spacial score (nSPS) is 12.9. The van der Waals surface area contributed by atoms with E-state index in [-0.39, 0.29) is 17.9 Å². The molecular weight excluding hydrogens is 335 g/mol. The second kappa shape index (κ2) is 7.13. The average molecular weight is 355 g/mol. The zero-order valence-electron chi connectivity index (χ0n) is 12.5. The Morgan fingerprint density at radius 2 is 2.10 bits per heavy atom. The molecule has 2 aromatic rings. The van der Waals surface area contributed by atoms with E-state index in [1.807, 2.05) is 4.68 Å². The van der Waals surface area contributed by atoms with Crippen LogP contribution in [0.2, 0.25) is 0 Å². The molecule has 0 radical (unpaired) electrons. The highest BCUT2D eigenvalue weighted by molar-refractivity contribution is 9.10. The van der Waals surface area contributed by atoms with Crippen molar-refractivity contribution in [3.63, 3.8) is 0 Å². The summed E-state index contributed by atoms with van der Waals surface area (Å²) in [5.41, 5.74) is 1.80. The molecule has 1 atom stereocenters. The van der Waals surface area contributed by atoms with E-state index in [2.05, 4.69) is 52.1 Å². The summed E-state index contributed by atoms with van der Waals surface area (Å²) in [6.45, 7) is 7.09. The topological polar surface area (TPSA) is 42.7 Å². The number of nitrogens with one attached hydrogen (secondary N) is 1. The maximum Gasteiger partial charge on any atom is 0.141 e. The third-order valence-corrected chi connectivity index (χ3v) is 3.70. The minimum atomic E-state index is -0.330. The Balaban J connectivity index is 2.45. The molecule has 2 aromatic heterocycles. The van der Waals surface area contributed by atoms with Gasteiger partial charge in [0, 0.05) is 12.6 Å². The molecule has 4 nitrogen and oxygen atoms in total. The van der Waals surface area contributed by atoms with Gasteiger partial charge in [0.25, 0.3) is 0 Å². The lowest BCUT2D eigenvalue weighted by Gasteiger charge is -2.22. The van der Waals surface area contributed by atoms with Crippen molar-refractivity contribution < 1.29 is 4.39 Å². The summed E-state index contributed by atoms with van der Waals surface area (Å²) in [6, 6.07) is 3.28. The summed E-state index contributed by atoms with van der Waals surface area (Å²) in [6.07, 6.45) is 4.04. The second-order valence-corrected chi connectivity index (χ2v) is 6.11. The maximum absolute atomic E-state index is 13.1. The molecule has 0 spiro atoms. The predicted octanol–water partition coefficient (Wildman–Crippen LogP) is 3.68. The van der Waals surface area contributed by atoms with E-state index in [0.717, 1.165) is 28.8 Å². The highest BCUT2D eigenvalue weighted by Crippen LogP contribution is 2.28. The number of halogens is 2. The number of hydrogen-bond donors (Lipinski definition) is 1. The van der Waals surface area contributed by atoms with Gasteiger partial charge in [-0.2, -0.15) is 5.10 Å². The van der Waals surface area contributed by atoms with Gasteiger partial charge in [0.05, 0.1) is 34.3 Å². The Morgan fingerprint density at radius 3 is 2.67 bits per heavy atom. The van der Waals surface area contributed by atoms with Gasteiger partial charge in [-0.15, -0.1) is 0 Å².